The van der Waals surface area contributed by atoms with Gasteiger partial charge < -0.3 is 14.5 Å². The number of halogens is 2. The first-order chi connectivity index (χ1) is 13.5. The summed E-state index contributed by atoms with van der Waals surface area (Å²) in [5.74, 6) is 0.511. The third kappa shape index (κ3) is 4.67. The number of amides is 1. The molecule has 1 amide bonds. The van der Waals surface area contributed by atoms with E-state index in [2.05, 4.69) is 61.6 Å². The van der Waals surface area contributed by atoms with Gasteiger partial charge in [0.2, 0.25) is 0 Å². The minimum atomic E-state index is -0.225. The molecule has 0 saturated carbocycles. The van der Waals surface area contributed by atoms with Crippen LogP contribution in [0.2, 0.25) is 0 Å². The number of hydrogen-bond donors (Lipinski definition) is 0. The second-order valence-corrected chi connectivity index (χ2v) is 8.32. The van der Waals surface area contributed by atoms with Crippen LogP contribution >= 0.6 is 38.5 Å². The fourth-order valence-corrected chi connectivity index (χ4v) is 5.02. The summed E-state index contributed by atoms with van der Waals surface area (Å²) >= 11 is 5.64. The van der Waals surface area contributed by atoms with Crippen LogP contribution < -0.4 is 9.64 Å². The topological polar surface area (TPSA) is 56.6 Å². The summed E-state index contributed by atoms with van der Waals surface area (Å²) in [6, 6.07) is 16.0. The van der Waals surface area contributed by atoms with Crippen LogP contribution in [0.1, 0.15) is 5.56 Å². The zero-order chi connectivity index (χ0) is 20.1. The van der Waals surface area contributed by atoms with Gasteiger partial charge in [-0.25, -0.2) is 0 Å². The number of hydrogen-bond acceptors (Lipinski definition) is 4. The van der Waals surface area contributed by atoms with Crippen molar-refractivity contribution in [2.24, 2.45) is 0 Å². The summed E-state index contributed by atoms with van der Waals surface area (Å²) in [6.45, 7) is 2.69. The van der Waals surface area contributed by atoms with Gasteiger partial charge in [0.05, 0.1) is 15.2 Å². The lowest BCUT2D eigenvalue weighted by Gasteiger charge is -2.36. The Kier molecular flexibility index (Phi) is 6.97. The van der Waals surface area contributed by atoms with Crippen molar-refractivity contribution in [1.82, 2.24) is 4.90 Å². The second-order valence-electron chi connectivity index (χ2n) is 6.30. The van der Waals surface area contributed by atoms with Crippen molar-refractivity contribution in [2.45, 2.75) is 0 Å². The second kappa shape index (κ2) is 9.43. The number of anilines is 1. The number of para-hydroxylation sites is 1. The molecule has 1 fully saturated rings. The number of nitrogens with zero attached hydrogens (tertiary/aromatic N) is 3. The van der Waals surface area contributed by atoms with E-state index in [0.717, 1.165) is 38.1 Å². The molecule has 5 nitrogen and oxygen atoms in total. The van der Waals surface area contributed by atoms with Crippen LogP contribution in [0.25, 0.3) is 6.08 Å². The number of nitriles is 1. The van der Waals surface area contributed by atoms with E-state index >= 15 is 0 Å². The minimum absolute atomic E-state index is 0.140. The summed E-state index contributed by atoms with van der Waals surface area (Å²) < 4.78 is 7.02. The highest BCUT2D eigenvalue weighted by Gasteiger charge is 2.24. The van der Waals surface area contributed by atoms with Crippen LogP contribution in [0.3, 0.4) is 0 Å². The van der Waals surface area contributed by atoms with Crippen molar-refractivity contribution in [3.63, 3.8) is 0 Å². The predicted molar refractivity (Wildman–Crippen MR) is 122 cm³/mol. The summed E-state index contributed by atoms with van der Waals surface area (Å²) in [4.78, 5) is 16.8. The Morgan fingerprint density at radius 1 is 1.21 bits per heavy atom. The van der Waals surface area contributed by atoms with E-state index in [4.69, 9.17) is 4.74 Å². The van der Waals surface area contributed by atoms with Crippen molar-refractivity contribution in [3.05, 3.63) is 61.6 Å². The number of ether oxygens (including phenoxy) is 1. The number of benzene rings is 2. The third-order valence-corrected chi connectivity index (χ3v) is 5.97. The zero-order valence-corrected chi connectivity index (χ0v) is 19.1. The molecule has 0 aromatic heterocycles. The van der Waals surface area contributed by atoms with Crippen LogP contribution in [0, 0.1) is 14.9 Å². The Morgan fingerprint density at radius 3 is 2.46 bits per heavy atom. The van der Waals surface area contributed by atoms with Gasteiger partial charge in [-0.3, -0.25) is 4.79 Å². The van der Waals surface area contributed by atoms with Crippen molar-refractivity contribution in [2.75, 3.05) is 38.2 Å². The van der Waals surface area contributed by atoms with E-state index in [0.29, 0.717) is 13.1 Å². The molecule has 0 unspecified atom stereocenters. The van der Waals surface area contributed by atoms with E-state index in [-0.39, 0.29) is 11.5 Å². The first-order valence-electron chi connectivity index (χ1n) is 8.77. The molecule has 1 saturated heterocycles. The van der Waals surface area contributed by atoms with Crippen LogP contribution in [0.4, 0.5) is 5.69 Å². The molecule has 0 radical (unpaired) electrons. The Hall–Kier alpha value is -2.05. The Balaban J connectivity index is 1.73. The Labute approximate surface area is 186 Å². The van der Waals surface area contributed by atoms with Gasteiger partial charge in [-0.05, 0) is 74.4 Å². The van der Waals surface area contributed by atoms with Crippen molar-refractivity contribution >= 4 is 56.2 Å². The molecule has 1 heterocycles. The van der Waals surface area contributed by atoms with Gasteiger partial charge in [0.15, 0.2) is 0 Å². The molecule has 2 aromatic carbocycles. The van der Waals surface area contributed by atoms with Crippen LogP contribution in [-0.4, -0.2) is 44.1 Å². The maximum absolute atomic E-state index is 12.8. The van der Waals surface area contributed by atoms with E-state index in [1.807, 2.05) is 30.3 Å². The maximum Gasteiger partial charge on any atom is 0.264 e. The van der Waals surface area contributed by atoms with Gasteiger partial charge >= 0.3 is 0 Å². The van der Waals surface area contributed by atoms with Gasteiger partial charge in [-0.2, -0.15) is 5.26 Å². The normalized spacial score (nSPS) is 14.6. The van der Waals surface area contributed by atoms with E-state index < -0.39 is 0 Å². The third-order valence-electron chi connectivity index (χ3n) is 4.57. The summed E-state index contributed by atoms with van der Waals surface area (Å²) in [5.41, 5.74) is 2.08. The highest BCUT2D eigenvalue weighted by molar-refractivity contribution is 14.1. The van der Waals surface area contributed by atoms with E-state index in [1.165, 1.54) is 0 Å². The quantitative estimate of drug-likeness (QED) is 0.323. The van der Waals surface area contributed by atoms with Crippen molar-refractivity contribution in [1.29, 1.82) is 5.26 Å². The summed E-state index contributed by atoms with van der Waals surface area (Å²) in [6.07, 6.45) is 1.64. The first kappa shape index (κ1) is 20.7. The standard InChI is InChI=1S/C21H19BrIN3O2/c1-28-20-18(22)12-15(13-19(20)23)11-16(14-24)21(27)26-9-7-25(8-10-26)17-5-3-2-4-6-17/h2-6,11-13H,7-10H2,1H3/b16-11-. The summed E-state index contributed by atoms with van der Waals surface area (Å²) in [7, 11) is 1.61. The van der Waals surface area contributed by atoms with Crippen molar-refractivity contribution < 1.29 is 9.53 Å². The number of piperazine rings is 1. The Morgan fingerprint density at radius 2 is 1.89 bits per heavy atom. The smallest absolute Gasteiger partial charge is 0.264 e. The number of rotatable bonds is 4. The molecule has 0 N–H and O–H groups in total. The molecular formula is C21H19BrIN3O2. The largest absolute Gasteiger partial charge is 0.494 e. The van der Waals surface area contributed by atoms with Crippen LogP contribution in [-0.2, 0) is 4.79 Å². The average molecular weight is 552 g/mol. The van der Waals surface area contributed by atoms with Gasteiger partial charge in [-0.15, -0.1) is 0 Å². The number of carbonyl (C=O) groups excluding carboxylic acids is 1. The molecule has 0 spiro atoms. The molecule has 0 bridgehead atoms. The lowest BCUT2D eigenvalue weighted by Crippen LogP contribution is -2.49. The molecule has 1 aliphatic rings. The van der Waals surface area contributed by atoms with Gasteiger partial charge in [-0.1, -0.05) is 18.2 Å². The van der Waals surface area contributed by atoms with Gasteiger partial charge in [0.25, 0.3) is 5.91 Å². The first-order valence-corrected chi connectivity index (χ1v) is 10.6. The molecule has 144 valence electrons. The van der Waals surface area contributed by atoms with Gasteiger partial charge in [0.1, 0.15) is 17.4 Å². The van der Waals surface area contributed by atoms with E-state index in [9.17, 15) is 10.1 Å². The van der Waals surface area contributed by atoms with Crippen molar-refractivity contribution in [3.8, 4) is 11.8 Å². The molecule has 1 aliphatic heterocycles. The fraction of sp³-hybridized carbons (Fsp3) is 0.238. The minimum Gasteiger partial charge on any atom is -0.494 e. The molecule has 0 atom stereocenters. The SMILES string of the molecule is COc1c(Br)cc(/C=C(/C#N)C(=O)N2CCN(c3ccccc3)CC2)cc1I. The average Bonchev–Trinajstić information content (AvgIpc) is 2.72. The Bertz CT molecular complexity index is 909. The lowest BCUT2D eigenvalue weighted by molar-refractivity contribution is -0.126. The molecule has 28 heavy (non-hydrogen) atoms. The number of carbonyl (C=O) groups is 1. The van der Waals surface area contributed by atoms with E-state index in [1.54, 1.807) is 18.1 Å². The molecular weight excluding hydrogens is 533 g/mol. The molecule has 7 heteroatoms. The van der Waals surface area contributed by atoms with Crippen LogP contribution in [0.5, 0.6) is 5.75 Å². The van der Waals surface area contributed by atoms with Gasteiger partial charge in [0, 0.05) is 31.9 Å². The zero-order valence-electron chi connectivity index (χ0n) is 15.4. The number of methoxy groups -OCH3 is 1. The highest BCUT2D eigenvalue weighted by Crippen LogP contribution is 2.32. The highest BCUT2D eigenvalue weighted by atomic mass is 127. The molecule has 2 aromatic rings. The fourth-order valence-electron chi connectivity index (χ4n) is 3.14. The summed E-state index contributed by atoms with van der Waals surface area (Å²) in [5, 5.41) is 9.54. The monoisotopic (exact) mass is 551 g/mol. The van der Waals surface area contributed by atoms with Crippen LogP contribution in [0.15, 0.2) is 52.5 Å². The maximum atomic E-state index is 12.8. The molecule has 3 rings (SSSR count). The lowest BCUT2D eigenvalue weighted by atomic mass is 10.1. The molecule has 0 aliphatic carbocycles. The predicted octanol–water partition coefficient (Wildman–Crippen LogP) is 4.32.